The van der Waals surface area contributed by atoms with Gasteiger partial charge in [0.05, 0.1) is 5.60 Å². The van der Waals surface area contributed by atoms with Gasteiger partial charge in [0.2, 0.25) is 10.0 Å². The minimum Gasteiger partial charge on any atom is -0.455 e. The van der Waals surface area contributed by atoms with Crippen LogP contribution in [0.3, 0.4) is 0 Å². The van der Waals surface area contributed by atoms with Crippen LogP contribution < -0.4 is 5.14 Å². The number of carbonyl (C=O) groups is 1. The molecule has 8 heteroatoms. The summed E-state index contributed by atoms with van der Waals surface area (Å²) < 4.78 is 33.5. The van der Waals surface area contributed by atoms with Crippen molar-refractivity contribution in [3.05, 3.63) is 17.6 Å². The van der Waals surface area contributed by atoms with Crippen LogP contribution in [-0.2, 0) is 14.8 Å². The standard InChI is InChI=1S/C13H20N2O5S/c1-9-11(21(14,17)18)7-10(20-9)12(16)15-6-4-5-13(2,8-15)19-3/h7H,4-6,8H2,1-3H3,(H2,14,17,18). The van der Waals surface area contributed by atoms with E-state index < -0.39 is 15.6 Å². The highest BCUT2D eigenvalue weighted by Gasteiger charge is 2.34. The fourth-order valence-corrected chi connectivity index (χ4v) is 3.27. The maximum absolute atomic E-state index is 12.4. The van der Waals surface area contributed by atoms with Crippen molar-refractivity contribution in [2.24, 2.45) is 5.14 Å². The van der Waals surface area contributed by atoms with Crippen molar-refractivity contribution in [3.63, 3.8) is 0 Å². The van der Waals surface area contributed by atoms with Gasteiger partial charge in [-0.05, 0) is 26.7 Å². The van der Waals surface area contributed by atoms with Gasteiger partial charge in [-0.25, -0.2) is 13.6 Å². The molecule has 1 amide bonds. The van der Waals surface area contributed by atoms with Gasteiger partial charge in [-0.1, -0.05) is 0 Å². The van der Waals surface area contributed by atoms with Crippen LogP contribution in [0.1, 0.15) is 36.1 Å². The van der Waals surface area contributed by atoms with E-state index in [1.54, 1.807) is 12.0 Å². The summed E-state index contributed by atoms with van der Waals surface area (Å²) in [7, 11) is -2.28. The van der Waals surface area contributed by atoms with Gasteiger partial charge in [0, 0.05) is 26.3 Å². The van der Waals surface area contributed by atoms with Gasteiger partial charge in [0.25, 0.3) is 5.91 Å². The van der Waals surface area contributed by atoms with Crippen molar-refractivity contribution < 1.29 is 22.4 Å². The Morgan fingerprint density at radius 2 is 2.19 bits per heavy atom. The number of piperidine rings is 1. The highest BCUT2D eigenvalue weighted by molar-refractivity contribution is 7.89. The molecule has 1 aliphatic heterocycles. The van der Waals surface area contributed by atoms with Gasteiger partial charge < -0.3 is 14.1 Å². The summed E-state index contributed by atoms with van der Waals surface area (Å²) in [4.78, 5) is 13.9. The van der Waals surface area contributed by atoms with E-state index in [0.29, 0.717) is 13.1 Å². The van der Waals surface area contributed by atoms with E-state index in [0.717, 1.165) is 12.8 Å². The first-order valence-electron chi connectivity index (χ1n) is 6.64. The van der Waals surface area contributed by atoms with Crippen LogP contribution in [-0.4, -0.2) is 45.0 Å². The maximum atomic E-state index is 12.4. The number of hydrogen-bond acceptors (Lipinski definition) is 5. The summed E-state index contributed by atoms with van der Waals surface area (Å²) in [6.07, 6.45) is 1.69. The van der Waals surface area contributed by atoms with E-state index in [1.807, 2.05) is 6.92 Å². The first kappa shape index (κ1) is 16.0. The molecular formula is C13H20N2O5S. The third-order valence-corrected chi connectivity index (χ3v) is 4.85. The molecule has 21 heavy (non-hydrogen) atoms. The molecule has 2 heterocycles. The number of primary sulfonamides is 1. The molecule has 1 atom stereocenters. The van der Waals surface area contributed by atoms with Crippen molar-refractivity contribution in [2.75, 3.05) is 20.2 Å². The lowest BCUT2D eigenvalue weighted by Gasteiger charge is -2.39. The van der Waals surface area contributed by atoms with E-state index >= 15 is 0 Å². The first-order valence-corrected chi connectivity index (χ1v) is 8.18. The minimum atomic E-state index is -3.89. The van der Waals surface area contributed by atoms with Crippen molar-refractivity contribution in [2.45, 2.75) is 37.2 Å². The summed E-state index contributed by atoms with van der Waals surface area (Å²) in [5.41, 5.74) is -0.391. The Kier molecular flexibility index (Phi) is 4.14. The van der Waals surface area contributed by atoms with Gasteiger partial charge >= 0.3 is 0 Å². The number of amides is 1. The normalized spacial score (nSPS) is 23.3. The molecule has 7 nitrogen and oxygen atoms in total. The molecule has 1 fully saturated rings. The smallest absolute Gasteiger partial charge is 0.289 e. The van der Waals surface area contributed by atoms with Crippen molar-refractivity contribution in [1.29, 1.82) is 0 Å². The lowest BCUT2D eigenvalue weighted by atomic mass is 9.94. The number of furan rings is 1. The lowest BCUT2D eigenvalue weighted by molar-refractivity contribution is -0.0445. The Balaban J connectivity index is 2.25. The fraction of sp³-hybridized carbons (Fsp3) is 0.615. The zero-order chi connectivity index (χ0) is 15.8. The average molecular weight is 316 g/mol. The van der Waals surface area contributed by atoms with E-state index in [1.165, 1.54) is 13.0 Å². The molecule has 2 rings (SSSR count). The van der Waals surface area contributed by atoms with Gasteiger partial charge in [-0.2, -0.15) is 0 Å². The van der Waals surface area contributed by atoms with Crippen molar-refractivity contribution in [1.82, 2.24) is 4.90 Å². The van der Waals surface area contributed by atoms with Crippen molar-refractivity contribution >= 4 is 15.9 Å². The molecule has 0 bridgehead atoms. The lowest BCUT2D eigenvalue weighted by Crippen LogP contribution is -2.49. The van der Waals surface area contributed by atoms with Gasteiger partial charge in [0.1, 0.15) is 10.7 Å². The van der Waals surface area contributed by atoms with E-state index in [-0.39, 0.29) is 22.3 Å². The molecule has 1 aromatic heterocycles. The largest absolute Gasteiger partial charge is 0.455 e. The Morgan fingerprint density at radius 1 is 1.52 bits per heavy atom. The number of carbonyl (C=O) groups excluding carboxylic acids is 1. The molecule has 2 N–H and O–H groups in total. The molecule has 1 aliphatic rings. The number of hydrogen-bond donors (Lipinski definition) is 1. The molecule has 118 valence electrons. The summed E-state index contributed by atoms with van der Waals surface area (Å²) in [6, 6.07) is 1.19. The third kappa shape index (κ3) is 3.28. The van der Waals surface area contributed by atoms with Gasteiger partial charge in [0.15, 0.2) is 5.76 Å². The zero-order valence-electron chi connectivity index (χ0n) is 12.4. The number of rotatable bonds is 3. The van der Waals surface area contributed by atoms with Crippen LogP contribution >= 0.6 is 0 Å². The Morgan fingerprint density at radius 3 is 2.71 bits per heavy atom. The number of ether oxygens (including phenoxy) is 1. The molecule has 1 aromatic rings. The van der Waals surface area contributed by atoms with Crippen LogP contribution in [0.5, 0.6) is 0 Å². The second kappa shape index (κ2) is 5.43. The average Bonchev–Trinajstić information content (AvgIpc) is 2.80. The highest BCUT2D eigenvalue weighted by Crippen LogP contribution is 2.26. The molecule has 1 saturated heterocycles. The summed E-state index contributed by atoms with van der Waals surface area (Å²) in [5.74, 6) is -0.250. The predicted molar refractivity (Wildman–Crippen MR) is 75.4 cm³/mol. The van der Waals surface area contributed by atoms with Gasteiger partial charge in [-0.3, -0.25) is 4.79 Å². The Labute approximate surface area is 124 Å². The second-order valence-electron chi connectivity index (χ2n) is 5.56. The molecule has 0 aliphatic carbocycles. The monoisotopic (exact) mass is 316 g/mol. The maximum Gasteiger partial charge on any atom is 0.289 e. The molecule has 0 spiro atoms. The minimum absolute atomic E-state index is 0.0168. The number of sulfonamides is 1. The van der Waals surface area contributed by atoms with Crippen LogP contribution in [0.2, 0.25) is 0 Å². The summed E-state index contributed by atoms with van der Waals surface area (Å²) in [6.45, 7) is 4.43. The predicted octanol–water partition coefficient (Wildman–Crippen LogP) is 0.877. The fourth-order valence-electron chi connectivity index (χ4n) is 2.55. The Hall–Kier alpha value is -1.38. The van der Waals surface area contributed by atoms with Crippen LogP contribution in [0.4, 0.5) is 0 Å². The number of nitrogens with zero attached hydrogens (tertiary/aromatic N) is 1. The highest BCUT2D eigenvalue weighted by atomic mass is 32.2. The first-order chi connectivity index (χ1) is 9.66. The summed E-state index contributed by atoms with van der Waals surface area (Å²) in [5, 5.41) is 5.08. The number of nitrogens with two attached hydrogens (primary N) is 1. The second-order valence-corrected chi connectivity index (χ2v) is 7.09. The summed E-state index contributed by atoms with van der Waals surface area (Å²) >= 11 is 0. The molecular weight excluding hydrogens is 296 g/mol. The van der Waals surface area contributed by atoms with Crippen molar-refractivity contribution in [3.8, 4) is 0 Å². The molecule has 0 saturated carbocycles. The SMILES string of the molecule is COC1(C)CCCN(C(=O)c2cc(S(N)(=O)=O)c(C)o2)C1. The quantitative estimate of drug-likeness (QED) is 0.891. The number of aryl methyl sites for hydroxylation is 1. The third-order valence-electron chi connectivity index (χ3n) is 3.83. The molecule has 1 unspecified atom stereocenters. The van der Waals surface area contributed by atoms with Crippen LogP contribution in [0.25, 0.3) is 0 Å². The van der Waals surface area contributed by atoms with E-state index in [2.05, 4.69) is 0 Å². The topological polar surface area (TPSA) is 103 Å². The number of methoxy groups -OCH3 is 1. The molecule has 0 aromatic carbocycles. The van der Waals surface area contributed by atoms with E-state index in [4.69, 9.17) is 14.3 Å². The number of likely N-dealkylation sites (tertiary alicyclic amines) is 1. The van der Waals surface area contributed by atoms with Crippen LogP contribution in [0, 0.1) is 6.92 Å². The Bertz CT molecular complexity index is 652. The van der Waals surface area contributed by atoms with Gasteiger partial charge in [-0.15, -0.1) is 0 Å². The van der Waals surface area contributed by atoms with Crippen LogP contribution in [0.15, 0.2) is 15.4 Å². The van der Waals surface area contributed by atoms with E-state index in [9.17, 15) is 13.2 Å². The molecule has 0 radical (unpaired) electrons. The zero-order valence-corrected chi connectivity index (χ0v) is 13.2.